The number of nitrogens with two attached hydrogens (primary N) is 1. The van der Waals surface area contributed by atoms with Crippen molar-refractivity contribution >= 4 is 11.6 Å². The summed E-state index contributed by atoms with van der Waals surface area (Å²) in [6.45, 7) is 1.97. The van der Waals surface area contributed by atoms with Gasteiger partial charge in [0.2, 0.25) is 5.91 Å². The van der Waals surface area contributed by atoms with Gasteiger partial charge in [-0.15, -0.1) is 0 Å². The van der Waals surface area contributed by atoms with Crippen molar-refractivity contribution in [2.24, 2.45) is 5.73 Å². The number of carbonyl (C=O) groups excluding carboxylic acids is 1. The van der Waals surface area contributed by atoms with Crippen LogP contribution < -0.4 is 15.8 Å². The van der Waals surface area contributed by atoms with Crippen LogP contribution >= 0.6 is 0 Å². The van der Waals surface area contributed by atoms with Crippen molar-refractivity contribution in [3.8, 4) is 5.75 Å². The first-order valence-electron chi connectivity index (χ1n) is 5.30. The average Bonchev–Trinajstić information content (AvgIpc) is 3.00. The van der Waals surface area contributed by atoms with E-state index in [2.05, 4.69) is 5.32 Å². The van der Waals surface area contributed by atoms with Crippen molar-refractivity contribution in [3.63, 3.8) is 0 Å². The number of anilines is 1. The van der Waals surface area contributed by atoms with E-state index in [1.807, 2.05) is 25.1 Å². The molecule has 0 bridgehead atoms. The van der Waals surface area contributed by atoms with Crippen LogP contribution in [0.5, 0.6) is 5.75 Å². The van der Waals surface area contributed by atoms with E-state index in [9.17, 15) is 4.79 Å². The maximum Gasteiger partial charge on any atom is 0.244 e. The largest absolute Gasteiger partial charge is 0.495 e. The third-order valence-electron chi connectivity index (χ3n) is 2.85. The Balaban J connectivity index is 2.17. The lowest BCUT2D eigenvalue weighted by molar-refractivity contribution is -0.118. The zero-order chi connectivity index (χ0) is 11.8. The summed E-state index contributed by atoms with van der Waals surface area (Å²) in [6, 6.07) is 5.64. The molecule has 1 aromatic carbocycles. The summed E-state index contributed by atoms with van der Waals surface area (Å²) < 4.78 is 5.20. The van der Waals surface area contributed by atoms with Crippen LogP contribution in [0, 0.1) is 6.92 Å². The summed E-state index contributed by atoms with van der Waals surface area (Å²) in [5.41, 5.74) is 6.91. The van der Waals surface area contributed by atoms with Crippen LogP contribution in [0.15, 0.2) is 18.2 Å². The van der Waals surface area contributed by atoms with E-state index in [0.29, 0.717) is 11.4 Å². The minimum absolute atomic E-state index is 0.130. The molecule has 1 saturated carbocycles. The highest BCUT2D eigenvalue weighted by atomic mass is 16.5. The number of rotatable bonds is 3. The Morgan fingerprint density at radius 3 is 2.75 bits per heavy atom. The number of amides is 1. The molecular formula is C12H16N2O2. The van der Waals surface area contributed by atoms with Crippen LogP contribution in [-0.4, -0.2) is 18.6 Å². The Morgan fingerprint density at radius 2 is 2.19 bits per heavy atom. The number of ether oxygens (including phenoxy) is 1. The Hall–Kier alpha value is -1.55. The number of methoxy groups -OCH3 is 1. The van der Waals surface area contributed by atoms with E-state index < -0.39 is 5.54 Å². The molecule has 86 valence electrons. The first-order chi connectivity index (χ1) is 7.55. The Bertz CT molecular complexity index is 425. The fourth-order valence-electron chi connectivity index (χ4n) is 1.51. The lowest BCUT2D eigenvalue weighted by Crippen LogP contribution is -2.37. The molecule has 4 nitrogen and oxygen atoms in total. The van der Waals surface area contributed by atoms with Gasteiger partial charge < -0.3 is 15.8 Å². The van der Waals surface area contributed by atoms with Gasteiger partial charge in [0.05, 0.1) is 18.3 Å². The molecule has 0 saturated heterocycles. The molecule has 1 aliphatic rings. The number of hydrogen-bond donors (Lipinski definition) is 2. The van der Waals surface area contributed by atoms with E-state index in [-0.39, 0.29) is 5.91 Å². The summed E-state index contributed by atoms with van der Waals surface area (Å²) in [4.78, 5) is 11.8. The molecule has 4 heteroatoms. The molecule has 2 rings (SSSR count). The lowest BCUT2D eigenvalue weighted by Gasteiger charge is -2.13. The molecule has 0 aromatic heterocycles. The molecule has 0 spiro atoms. The van der Waals surface area contributed by atoms with Crippen molar-refractivity contribution in [2.75, 3.05) is 12.4 Å². The van der Waals surface area contributed by atoms with Crippen molar-refractivity contribution in [1.82, 2.24) is 0 Å². The highest BCUT2D eigenvalue weighted by Crippen LogP contribution is 2.34. The summed E-state index contributed by atoms with van der Waals surface area (Å²) >= 11 is 0. The number of hydrogen-bond acceptors (Lipinski definition) is 3. The van der Waals surface area contributed by atoms with Crippen LogP contribution in [0.4, 0.5) is 5.69 Å². The third-order valence-corrected chi connectivity index (χ3v) is 2.85. The molecule has 1 aromatic rings. The van der Waals surface area contributed by atoms with Crippen molar-refractivity contribution in [3.05, 3.63) is 23.8 Å². The molecule has 0 atom stereocenters. The maximum absolute atomic E-state index is 11.8. The third kappa shape index (κ3) is 2.02. The zero-order valence-corrected chi connectivity index (χ0v) is 9.54. The van der Waals surface area contributed by atoms with Gasteiger partial charge in [-0.1, -0.05) is 6.07 Å². The van der Waals surface area contributed by atoms with E-state index in [1.165, 1.54) is 0 Å². The second kappa shape index (κ2) is 3.79. The quantitative estimate of drug-likeness (QED) is 0.810. The van der Waals surface area contributed by atoms with Crippen LogP contribution in [-0.2, 0) is 4.79 Å². The molecule has 1 fully saturated rings. The SMILES string of the molecule is COc1cc(C)ccc1NC(=O)C1(N)CC1. The van der Waals surface area contributed by atoms with Crippen molar-refractivity contribution < 1.29 is 9.53 Å². The summed E-state index contributed by atoms with van der Waals surface area (Å²) in [5.74, 6) is 0.534. The predicted octanol–water partition coefficient (Wildman–Crippen LogP) is 1.43. The van der Waals surface area contributed by atoms with E-state index in [4.69, 9.17) is 10.5 Å². The number of benzene rings is 1. The van der Waals surface area contributed by atoms with Gasteiger partial charge in [-0.3, -0.25) is 4.79 Å². The van der Waals surface area contributed by atoms with Gasteiger partial charge >= 0.3 is 0 Å². The zero-order valence-electron chi connectivity index (χ0n) is 9.54. The Morgan fingerprint density at radius 1 is 1.50 bits per heavy atom. The molecule has 0 unspecified atom stereocenters. The second-order valence-corrected chi connectivity index (χ2v) is 4.31. The normalized spacial score (nSPS) is 16.7. The first-order valence-corrected chi connectivity index (χ1v) is 5.30. The number of aryl methyl sites for hydroxylation is 1. The van der Waals surface area contributed by atoms with Crippen LogP contribution in [0.3, 0.4) is 0 Å². The highest BCUT2D eigenvalue weighted by Gasteiger charge is 2.46. The van der Waals surface area contributed by atoms with Gasteiger partial charge in [-0.2, -0.15) is 0 Å². The minimum Gasteiger partial charge on any atom is -0.495 e. The number of carbonyl (C=O) groups is 1. The molecule has 16 heavy (non-hydrogen) atoms. The average molecular weight is 220 g/mol. The summed E-state index contributed by atoms with van der Waals surface area (Å²) in [6.07, 6.45) is 1.51. The molecule has 1 aliphatic carbocycles. The Labute approximate surface area is 94.8 Å². The van der Waals surface area contributed by atoms with Gasteiger partial charge in [0.1, 0.15) is 5.75 Å². The van der Waals surface area contributed by atoms with Crippen LogP contribution in [0.25, 0.3) is 0 Å². The second-order valence-electron chi connectivity index (χ2n) is 4.31. The first kappa shape index (κ1) is 11.0. The topological polar surface area (TPSA) is 64.3 Å². The minimum atomic E-state index is -0.657. The molecular weight excluding hydrogens is 204 g/mol. The molecule has 0 aliphatic heterocycles. The number of nitrogens with one attached hydrogen (secondary N) is 1. The van der Waals surface area contributed by atoms with E-state index >= 15 is 0 Å². The fourth-order valence-corrected chi connectivity index (χ4v) is 1.51. The fraction of sp³-hybridized carbons (Fsp3) is 0.417. The van der Waals surface area contributed by atoms with Crippen LogP contribution in [0.1, 0.15) is 18.4 Å². The van der Waals surface area contributed by atoms with Gasteiger partial charge in [0, 0.05) is 0 Å². The van der Waals surface area contributed by atoms with Crippen LogP contribution in [0.2, 0.25) is 0 Å². The summed E-state index contributed by atoms with van der Waals surface area (Å²) in [5, 5.41) is 2.80. The van der Waals surface area contributed by atoms with E-state index in [0.717, 1.165) is 18.4 Å². The highest BCUT2D eigenvalue weighted by molar-refractivity contribution is 6.01. The molecule has 0 radical (unpaired) electrons. The maximum atomic E-state index is 11.8. The predicted molar refractivity (Wildman–Crippen MR) is 62.5 cm³/mol. The smallest absolute Gasteiger partial charge is 0.244 e. The van der Waals surface area contributed by atoms with Crippen molar-refractivity contribution in [1.29, 1.82) is 0 Å². The standard InChI is InChI=1S/C12H16N2O2/c1-8-3-4-9(10(7-8)16-2)14-11(15)12(13)5-6-12/h3-4,7H,5-6,13H2,1-2H3,(H,14,15). The lowest BCUT2D eigenvalue weighted by atomic mass is 10.2. The van der Waals surface area contributed by atoms with Crippen molar-refractivity contribution in [2.45, 2.75) is 25.3 Å². The molecule has 3 N–H and O–H groups in total. The van der Waals surface area contributed by atoms with Gasteiger partial charge in [0.25, 0.3) is 0 Å². The van der Waals surface area contributed by atoms with Gasteiger partial charge in [0.15, 0.2) is 0 Å². The summed E-state index contributed by atoms with van der Waals surface area (Å²) in [7, 11) is 1.58. The monoisotopic (exact) mass is 220 g/mol. The van der Waals surface area contributed by atoms with Gasteiger partial charge in [-0.25, -0.2) is 0 Å². The molecule has 0 heterocycles. The molecule has 1 amide bonds. The van der Waals surface area contributed by atoms with E-state index in [1.54, 1.807) is 7.11 Å². The Kier molecular flexibility index (Phi) is 2.59. The van der Waals surface area contributed by atoms with Gasteiger partial charge in [-0.05, 0) is 37.5 Å².